The van der Waals surface area contributed by atoms with E-state index in [1.807, 2.05) is 6.92 Å². The van der Waals surface area contributed by atoms with Crippen molar-refractivity contribution in [2.24, 2.45) is 11.8 Å². The Hall–Kier alpha value is -0.960. The minimum atomic E-state index is -0.483. The van der Waals surface area contributed by atoms with Crippen LogP contribution in [-0.2, 0) is 0 Å². The first kappa shape index (κ1) is 14.4. The Kier molecular flexibility index (Phi) is 4.92. The maximum atomic E-state index is 13.4. The standard InChI is InChI=1S/C16H23F2N/c1-3-11-5-6-12(7-11)16(19-4-2)13-8-14(17)10-15(18)9-13/h8-12,16,19H,3-7H2,1-2H3. The van der Waals surface area contributed by atoms with E-state index in [-0.39, 0.29) is 6.04 Å². The van der Waals surface area contributed by atoms with Gasteiger partial charge in [-0.2, -0.15) is 0 Å². The summed E-state index contributed by atoms with van der Waals surface area (Å²) in [7, 11) is 0. The molecule has 1 aliphatic rings. The molecule has 2 rings (SSSR count). The van der Waals surface area contributed by atoms with Gasteiger partial charge in [0.05, 0.1) is 0 Å². The summed E-state index contributed by atoms with van der Waals surface area (Å²) >= 11 is 0. The lowest BCUT2D eigenvalue weighted by atomic mass is 9.90. The SMILES string of the molecule is CCNC(c1cc(F)cc(F)c1)C1CCC(CC)C1. The highest BCUT2D eigenvalue weighted by molar-refractivity contribution is 5.22. The molecular weight excluding hydrogens is 244 g/mol. The predicted molar refractivity (Wildman–Crippen MR) is 73.9 cm³/mol. The summed E-state index contributed by atoms with van der Waals surface area (Å²) < 4.78 is 26.8. The van der Waals surface area contributed by atoms with Gasteiger partial charge in [0.2, 0.25) is 0 Å². The molecule has 0 heterocycles. The first-order valence-electron chi connectivity index (χ1n) is 7.33. The molecule has 1 saturated carbocycles. The molecule has 0 amide bonds. The zero-order chi connectivity index (χ0) is 13.8. The van der Waals surface area contributed by atoms with E-state index in [1.54, 1.807) is 0 Å². The molecule has 1 nitrogen and oxygen atoms in total. The van der Waals surface area contributed by atoms with E-state index in [0.717, 1.165) is 36.9 Å². The Bertz CT molecular complexity index is 399. The van der Waals surface area contributed by atoms with E-state index in [4.69, 9.17) is 0 Å². The van der Waals surface area contributed by atoms with E-state index < -0.39 is 11.6 Å². The lowest BCUT2D eigenvalue weighted by Crippen LogP contribution is -2.27. The van der Waals surface area contributed by atoms with E-state index in [2.05, 4.69) is 12.2 Å². The van der Waals surface area contributed by atoms with Crippen molar-refractivity contribution < 1.29 is 8.78 Å². The summed E-state index contributed by atoms with van der Waals surface area (Å²) in [4.78, 5) is 0. The molecule has 3 heteroatoms. The zero-order valence-electron chi connectivity index (χ0n) is 11.8. The summed E-state index contributed by atoms with van der Waals surface area (Å²) in [6.07, 6.45) is 4.74. The van der Waals surface area contributed by atoms with Gasteiger partial charge in [0.25, 0.3) is 0 Å². The first-order chi connectivity index (χ1) is 9.13. The number of nitrogens with one attached hydrogen (secondary N) is 1. The van der Waals surface area contributed by atoms with Gasteiger partial charge in [-0.1, -0.05) is 26.7 Å². The Morgan fingerprint density at radius 1 is 1.16 bits per heavy atom. The van der Waals surface area contributed by atoms with Crippen molar-refractivity contribution in [1.82, 2.24) is 5.32 Å². The van der Waals surface area contributed by atoms with Crippen LogP contribution in [0.5, 0.6) is 0 Å². The largest absolute Gasteiger partial charge is 0.310 e. The Morgan fingerprint density at radius 3 is 2.37 bits per heavy atom. The highest BCUT2D eigenvalue weighted by atomic mass is 19.1. The van der Waals surface area contributed by atoms with Crippen molar-refractivity contribution in [3.8, 4) is 0 Å². The van der Waals surface area contributed by atoms with Crippen LogP contribution in [0.25, 0.3) is 0 Å². The average molecular weight is 267 g/mol. The van der Waals surface area contributed by atoms with Crippen LogP contribution in [0, 0.1) is 23.5 Å². The van der Waals surface area contributed by atoms with Gasteiger partial charge in [0.1, 0.15) is 11.6 Å². The molecule has 0 aromatic heterocycles. The highest BCUT2D eigenvalue weighted by Gasteiger charge is 2.30. The fraction of sp³-hybridized carbons (Fsp3) is 0.625. The third-order valence-corrected chi connectivity index (χ3v) is 4.30. The summed E-state index contributed by atoms with van der Waals surface area (Å²) in [6.45, 7) is 5.07. The van der Waals surface area contributed by atoms with E-state index in [9.17, 15) is 8.78 Å². The fourth-order valence-electron chi connectivity index (χ4n) is 3.32. The minimum Gasteiger partial charge on any atom is -0.310 e. The lowest BCUT2D eigenvalue weighted by Gasteiger charge is -2.25. The molecule has 106 valence electrons. The molecule has 0 saturated heterocycles. The van der Waals surface area contributed by atoms with Crippen LogP contribution in [0.4, 0.5) is 8.78 Å². The van der Waals surface area contributed by atoms with E-state index >= 15 is 0 Å². The fourth-order valence-corrected chi connectivity index (χ4v) is 3.32. The van der Waals surface area contributed by atoms with Crippen LogP contribution in [-0.4, -0.2) is 6.54 Å². The van der Waals surface area contributed by atoms with Gasteiger partial charge >= 0.3 is 0 Å². The molecular formula is C16H23F2N. The lowest BCUT2D eigenvalue weighted by molar-refractivity contribution is 0.357. The molecule has 3 unspecified atom stereocenters. The summed E-state index contributed by atoms with van der Waals surface area (Å²) in [6, 6.07) is 3.95. The van der Waals surface area contributed by atoms with Crippen molar-refractivity contribution in [1.29, 1.82) is 0 Å². The molecule has 0 radical (unpaired) electrons. The summed E-state index contributed by atoms with van der Waals surface area (Å²) in [5.74, 6) is 0.293. The van der Waals surface area contributed by atoms with Crippen molar-refractivity contribution in [2.75, 3.05) is 6.54 Å². The van der Waals surface area contributed by atoms with Crippen molar-refractivity contribution >= 4 is 0 Å². The Labute approximate surface area is 114 Å². The maximum absolute atomic E-state index is 13.4. The number of rotatable bonds is 5. The molecule has 19 heavy (non-hydrogen) atoms. The molecule has 1 aliphatic carbocycles. The Morgan fingerprint density at radius 2 is 1.84 bits per heavy atom. The van der Waals surface area contributed by atoms with Gasteiger partial charge in [-0.3, -0.25) is 0 Å². The van der Waals surface area contributed by atoms with E-state index in [0.29, 0.717) is 5.92 Å². The average Bonchev–Trinajstić information content (AvgIpc) is 2.83. The second-order valence-corrected chi connectivity index (χ2v) is 5.59. The molecule has 0 spiro atoms. The smallest absolute Gasteiger partial charge is 0.126 e. The highest BCUT2D eigenvalue weighted by Crippen LogP contribution is 2.40. The monoisotopic (exact) mass is 267 g/mol. The van der Waals surface area contributed by atoms with Crippen LogP contribution < -0.4 is 5.32 Å². The van der Waals surface area contributed by atoms with Crippen molar-refractivity contribution in [3.05, 3.63) is 35.4 Å². The van der Waals surface area contributed by atoms with Crippen LogP contribution in [0.15, 0.2) is 18.2 Å². The first-order valence-corrected chi connectivity index (χ1v) is 7.33. The third-order valence-electron chi connectivity index (χ3n) is 4.30. The molecule has 1 aromatic carbocycles. The van der Waals surface area contributed by atoms with Crippen LogP contribution >= 0.6 is 0 Å². The van der Waals surface area contributed by atoms with Gasteiger partial charge in [-0.05, 0) is 48.9 Å². The zero-order valence-corrected chi connectivity index (χ0v) is 11.8. The number of benzene rings is 1. The van der Waals surface area contributed by atoms with Crippen molar-refractivity contribution in [3.63, 3.8) is 0 Å². The number of halogens is 2. The number of hydrogen-bond donors (Lipinski definition) is 1. The molecule has 0 aliphatic heterocycles. The van der Waals surface area contributed by atoms with Gasteiger partial charge in [-0.25, -0.2) is 8.78 Å². The topological polar surface area (TPSA) is 12.0 Å². The van der Waals surface area contributed by atoms with Gasteiger partial charge in [0.15, 0.2) is 0 Å². The normalized spacial score (nSPS) is 24.6. The Balaban J connectivity index is 2.19. The van der Waals surface area contributed by atoms with E-state index in [1.165, 1.54) is 25.0 Å². The molecule has 0 bridgehead atoms. The summed E-state index contributed by atoms with van der Waals surface area (Å²) in [5, 5.41) is 3.41. The molecule has 1 N–H and O–H groups in total. The molecule has 1 fully saturated rings. The second-order valence-electron chi connectivity index (χ2n) is 5.59. The minimum absolute atomic E-state index is 0.0757. The molecule has 1 aromatic rings. The third kappa shape index (κ3) is 3.53. The van der Waals surface area contributed by atoms with Crippen LogP contribution in [0.1, 0.15) is 51.1 Å². The van der Waals surface area contributed by atoms with Gasteiger partial charge in [-0.15, -0.1) is 0 Å². The summed E-state index contributed by atoms with van der Waals surface area (Å²) in [5.41, 5.74) is 0.751. The van der Waals surface area contributed by atoms with Crippen LogP contribution in [0.3, 0.4) is 0 Å². The van der Waals surface area contributed by atoms with Gasteiger partial charge in [0, 0.05) is 12.1 Å². The quantitative estimate of drug-likeness (QED) is 0.831. The van der Waals surface area contributed by atoms with Crippen LogP contribution in [0.2, 0.25) is 0 Å². The number of hydrogen-bond acceptors (Lipinski definition) is 1. The molecule has 3 atom stereocenters. The predicted octanol–water partition coefficient (Wildman–Crippen LogP) is 4.44. The maximum Gasteiger partial charge on any atom is 0.126 e. The second kappa shape index (κ2) is 6.47. The van der Waals surface area contributed by atoms with Crippen molar-refractivity contribution in [2.45, 2.75) is 45.6 Å². The van der Waals surface area contributed by atoms with Gasteiger partial charge < -0.3 is 5.32 Å².